The van der Waals surface area contributed by atoms with Crippen molar-refractivity contribution in [1.29, 1.82) is 0 Å². The van der Waals surface area contributed by atoms with Gasteiger partial charge in [-0.25, -0.2) is 0 Å². The van der Waals surface area contributed by atoms with Gasteiger partial charge in [0, 0.05) is 21.9 Å². The number of ether oxygens (including phenoxy) is 1. The van der Waals surface area contributed by atoms with Crippen LogP contribution in [0.15, 0.2) is 77.2 Å². The van der Waals surface area contributed by atoms with Gasteiger partial charge in [-0.15, -0.1) is 11.6 Å². The second-order valence-corrected chi connectivity index (χ2v) is 6.40. The molecule has 0 bridgehead atoms. The molecule has 4 rings (SSSR count). The summed E-state index contributed by atoms with van der Waals surface area (Å²) in [7, 11) is 0. The molecule has 0 radical (unpaired) electrons. The van der Waals surface area contributed by atoms with Crippen LogP contribution in [0.2, 0.25) is 5.02 Å². The number of fused-ring (bicyclic) bond motifs is 1. The van der Waals surface area contributed by atoms with E-state index < -0.39 is 0 Å². The highest BCUT2D eigenvalue weighted by Gasteiger charge is 2.08. The molecule has 0 spiro atoms. The number of alkyl halides is 1. The Morgan fingerprint density at radius 2 is 1.52 bits per heavy atom. The topological polar surface area (TPSA) is 22.4 Å². The van der Waals surface area contributed by atoms with Gasteiger partial charge in [0.25, 0.3) is 0 Å². The van der Waals surface area contributed by atoms with E-state index in [0.717, 1.165) is 39.4 Å². The van der Waals surface area contributed by atoms with E-state index in [-0.39, 0.29) is 0 Å². The predicted octanol–water partition coefficient (Wildman–Crippen LogP) is 7.28. The molecule has 0 aliphatic carbocycles. The normalized spacial score (nSPS) is 11.0. The van der Waals surface area contributed by atoms with Crippen LogP contribution in [0.25, 0.3) is 22.3 Å². The molecule has 4 heteroatoms. The summed E-state index contributed by atoms with van der Waals surface area (Å²) in [4.78, 5) is 0. The number of hydrogen-bond acceptors (Lipinski definition) is 2. The molecule has 0 unspecified atom stereocenters. The molecule has 0 amide bonds. The summed E-state index contributed by atoms with van der Waals surface area (Å²) >= 11 is 11.7. The summed E-state index contributed by atoms with van der Waals surface area (Å²) in [6.07, 6.45) is 0. The van der Waals surface area contributed by atoms with Crippen LogP contribution >= 0.6 is 23.2 Å². The maximum atomic E-state index is 5.94. The van der Waals surface area contributed by atoms with E-state index in [1.54, 1.807) is 12.1 Å². The van der Waals surface area contributed by atoms with Crippen molar-refractivity contribution in [3.05, 3.63) is 83.4 Å². The molecule has 0 aliphatic rings. The number of rotatable bonds is 4. The van der Waals surface area contributed by atoms with Crippen molar-refractivity contribution < 1.29 is 9.15 Å². The van der Waals surface area contributed by atoms with Crippen LogP contribution in [0, 0.1) is 0 Å². The maximum Gasteiger partial charge on any atom is 0.135 e. The fraction of sp³-hybridized carbons (Fsp3) is 0.0476. The second-order valence-electron chi connectivity index (χ2n) is 5.70. The summed E-state index contributed by atoms with van der Waals surface area (Å²) < 4.78 is 11.8. The summed E-state index contributed by atoms with van der Waals surface area (Å²) in [5.74, 6) is 2.81. The average Bonchev–Trinajstić information content (AvgIpc) is 3.07. The third kappa shape index (κ3) is 3.51. The molecule has 0 saturated heterocycles. The monoisotopic (exact) mass is 368 g/mol. The van der Waals surface area contributed by atoms with E-state index in [1.807, 2.05) is 60.7 Å². The lowest BCUT2D eigenvalue weighted by Gasteiger charge is -2.05. The minimum absolute atomic E-state index is 0.506. The lowest BCUT2D eigenvalue weighted by molar-refractivity contribution is 0.483. The van der Waals surface area contributed by atoms with Gasteiger partial charge in [-0.2, -0.15) is 0 Å². The van der Waals surface area contributed by atoms with Crippen molar-refractivity contribution in [2.75, 3.05) is 0 Å². The standard InChI is InChI=1S/C21H14Cl2O2/c22-13-14-1-3-15(4-2-14)21-12-16-11-19(9-10-20(16)25-21)24-18-7-5-17(23)6-8-18/h1-12H,13H2. The Balaban J connectivity index is 1.63. The van der Waals surface area contributed by atoms with E-state index >= 15 is 0 Å². The summed E-state index contributed by atoms with van der Waals surface area (Å²) in [5.41, 5.74) is 2.92. The predicted molar refractivity (Wildman–Crippen MR) is 103 cm³/mol. The first-order chi connectivity index (χ1) is 12.2. The quantitative estimate of drug-likeness (QED) is 0.353. The van der Waals surface area contributed by atoms with Gasteiger partial charge in [0.05, 0.1) is 0 Å². The highest BCUT2D eigenvalue weighted by molar-refractivity contribution is 6.30. The summed E-state index contributed by atoms with van der Waals surface area (Å²) in [6, 6.07) is 23.1. The maximum absolute atomic E-state index is 5.94. The van der Waals surface area contributed by atoms with Crippen molar-refractivity contribution in [3.8, 4) is 22.8 Å². The molecule has 0 aliphatic heterocycles. The molecule has 3 aromatic carbocycles. The molecule has 0 saturated carbocycles. The third-order valence-electron chi connectivity index (χ3n) is 3.93. The Bertz CT molecular complexity index is 1000. The zero-order valence-corrected chi connectivity index (χ0v) is 14.7. The first-order valence-corrected chi connectivity index (χ1v) is 8.75. The van der Waals surface area contributed by atoms with Crippen molar-refractivity contribution in [3.63, 3.8) is 0 Å². The van der Waals surface area contributed by atoms with E-state index in [9.17, 15) is 0 Å². The molecule has 1 heterocycles. The lowest BCUT2D eigenvalue weighted by Crippen LogP contribution is -1.82. The molecule has 4 aromatic rings. The Kier molecular flexibility index (Phi) is 4.39. The Hall–Kier alpha value is -2.42. The lowest BCUT2D eigenvalue weighted by atomic mass is 10.1. The van der Waals surface area contributed by atoms with Crippen LogP contribution in [0.1, 0.15) is 5.56 Å². The second kappa shape index (κ2) is 6.83. The minimum atomic E-state index is 0.506. The fourth-order valence-electron chi connectivity index (χ4n) is 2.62. The molecule has 0 fully saturated rings. The van der Waals surface area contributed by atoms with Gasteiger partial charge < -0.3 is 9.15 Å². The molecular weight excluding hydrogens is 355 g/mol. The summed E-state index contributed by atoms with van der Waals surface area (Å²) in [5, 5.41) is 1.67. The van der Waals surface area contributed by atoms with E-state index in [4.69, 9.17) is 32.4 Å². The zero-order valence-electron chi connectivity index (χ0n) is 13.2. The Labute approximate surface area is 155 Å². The molecule has 2 nitrogen and oxygen atoms in total. The zero-order chi connectivity index (χ0) is 17.2. The number of hydrogen-bond donors (Lipinski definition) is 0. The van der Waals surface area contributed by atoms with Gasteiger partial charge >= 0.3 is 0 Å². The molecule has 0 atom stereocenters. The van der Waals surface area contributed by atoms with Gasteiger partial charge in [0.15, 0.2) is 0 Å². The fourth-order valence-corrected chi connectivity index (χ4v) is 2.93. The molecular formula is C21H14Cl2O2. The van der Waals surface area contributed by atoms with Crippen LogP contribution < -0.4 is 4.74 Å². The number of furan rings is 1. The molecule has 25 heavy (non-hydrogen) atoms. The van der Waals surface area contributed by atoms with Gasteiger partial charge in [0.2, 0.25) is 0 Å². The largest absolute Gasteiger partial charge is 0.457 e. The number of benzene rings is 3. The minimum Gasteiger partial charge on any atom is -0.457 e. The highest BCUT2D eigenvalue weighted by atomic mass is 35.5. The number of halogens is 2. The first kappa shape index (κ1) is 16.1. The van der Waals surface area contributed by atoms with Crippen LogP contribution in [-0.4, -0.2) is 0 Å². The first-order valence-electron chi connectivity index (χ1n) is 7.83. The molecule has 124 valence electrons. The average molecular weight is 369 g/mol. The Morgan fingerprint density at radius 1 is 0.800 bits per heavy atom. The van der Waals surface area contributed by atoms with Gasteiger partial charge in [0.1, 0.15) is 22.8 Å². The molecule has 0 N–H and O–H groups in total. The molecule has 1 aromatic heterocycles. The highest BCUT2D eigenvalue weighted by Crippen LogP contribution is 2.32. The van der Waals surface area contributed by atoms with Crippen molar-refractivity contribution in [1.82, 2.24) is 0 Å². The third-order valence-corrected chi connectivity index (χ3v) is 4.49. The van der Waals surface area contributed by atoms with E-state index in [0.29, 0.717) is 10.9 Å². The Morgan fingerprint density at radius 3 is 2.24 bits per heavy atom. The smallest absolute Gasteiger partial charge is 0.135 e. The van der Waals surface area contributed by atoms with Gasteiger partial charge in [-0.1, -0.05) is 35.9 Å². The summed E-state index contributed by atoms with van der Waals surface area (Å²) in [6.45, 7) is 0. The van der Waals surface area contributed by atoms with Crippen molar-refractivity contribution in [2.45, 2.75) is 5.88 Å². The van der Waals surface area contributed by atoms with Crippen molar-refractivity contribution >= 4 is 34.2 Å². The van der Waals surface area contributed by atoms with Crippen LogP contribution in [-0.2, 0) is 5.88 Å². The SMILES string of the molecule is ClCc1ccc(-c2cc3cc(Oc4ccc(Cl)cc4)ccc3o2)cc1. The van der Waals surface area contributed by atoms with Crippen LogP contribution in [0.3, 0.4) is 0 Å². The van der Waals surface area contributed by atoms with Gasteiger partial charge in [-0.05, 0) is 54.1 Å². The van der Waals surface area contributed by atoms with Crippen LogP contribution in [0.5, 0.6) is 11.5 Å². The van der Waals surface area contributed by atoms with Crippen molar-refractivity contribution in [2.24, 2.45) is 0 Å². The van der Waals surface area contributed by atoms with Gasteiger partial charge in [-0.3, -0.25) is 0 Å². The van der Waals surface area contributed by atoms with E-state index in [1.165, 1.54) is 0 Å². The van der Waals surface area contributed by atoms with Crippen LogP contribution in [0.4, 0.5) is 0 Å². The van der Waals surface area contributed by atoms with E-state index in [2.05, 4.69) is 0 Å².